The van der Waals surface area contributed by atoms with E-state index in [1.807, 2.05) is 0 Å². The van der Waals surface area contributed by atoms with Crippen molar-refractivity contribution in [2.24, 2.45) is 0 Å². The minimum Gasteiger partial charge on any atom is -0.456 e. The number of carbonyl (C=O) groups excluding carboxylic acids is 3. The zero-order valence-corrected chi connectivity index (χ0v) is 17.6. The predicted molar refractivity (Wildman–Crippen MR) is 115 cm³/mol. The third-order valence-corrected chi connectivity index (χ3v) is 5.20. The molecule has 5 nitrogen and oxygen atoms in total. The van der Waals surface area contributed by atoms with Crippen molar-refractivity contribution in [2.75, 3.05) is 0 Å². The molecule has 6 heteroatoms. The Labute approximate surface area is 179 Å². The molecular weight excluding hydrogens is 402 g/mol. The van der Waals surface area contributed by atoms with Crippen molar-refractivity contribution >= 4 is 40.2 Å². The largest absolute Gasteiger partial charge is 0.456 e. The molecule has 0 aromatic heterocycles. The molecule has 1 heterocycles. The van der Waals surface area contributed by atoms with Crippen molar-refractivity contribution in [1.82, 2.24) is 4.90 Å². The van der Waals surface area contributed by atoms with Gasteiger partial charge in [-0.25, -0.2) is 4.79 Å². The van der Waals surface area contributed by atoms with Gasteiger partial charge in [0.1, 0.15) is 5.60 Å². The van der Waals surface area contributed by atoms with Gasteiger partial charge in [-0.15, -0.1) is 0 Å². The lowest BCUT2D eigenvalue weighted by Crippen LogP contribution is -2.39. The molecule has 152 valence electrons. The summed E-state index contributed by atoms with van der Waals surface area (Å²) >= 11 is 6.25. The average Bonchev–Trinajstić information content (AvgIpc) is 2.69. The topological polar surface area (TPSA) is 63.7 Å². The van der Waals surface area contributed by atoms with Crippen molar-refractivity contribution < 1.29 is 19.1 Å². The van der Waals surface area contributed by atoms with Crippen molar-refractivity contribution in [1.29, 1.82) is 0 Å². The first-order chi connectivity index (χ1) is 14.2. The Bertz CT molecular complexity index is 1170. The van der Waals surface area contributed by atoms with Crippen LogP contribution < -0.4 is 0 Å². The molecule has 0 N–H and O–H groups in total. The maximum absolute atomic E-state index is 13.0. The van der Waals surface area contributed by atoms with Crippen LogP contribution in [-0.4, -0.2) is 28.3 Å². The molecule has 0 atom stereocenters. The standard InChI is InChI=1S/C24H20ClNO4/c1-24(2,3)30-23(29)15-9-7-14(8-10-15)13-26-21(27)17-6-4-5-16-19(25)12-11-18(20(16)17)22(26)28/h4-12H,13H2,1-3H3. The van der Waals surface area contributed by atoms with Crippen LogP contribution in [0.25, 0.3) is 10.8 Å². The monoisotopic (exact) mass is 421 g/mol. The van der Waals surface area contributed by atoms with E-state index in [4.69, 9.17) is 16.3 Å². The summed E-state index contributed by atoms with van der Waals surface area (Å²) < 4.78 is 5.36. The summed E-state index contributed by atoms with van der Waals surface area (Å²) in [4.78, 5) is 39.5. The molecule has 0 saturated heterocycles. The highest BCUT2D eigenvalue weighted by Crippen LogP contribution is 2.34. The summed E-state index contributed by atoms with van der Waals surface area (Å²) in [6.07, 6.45) is 0. The lowest BCUT2D eigenvalue weighted by atomic mass is 9.93. The molecular formula is C24H20ClNO4. The Morgan fingerprint density at radius 1 is 0.933 bits per heavy atom. The van der Waals surface area contributed by atoms with E-state index >= 15 is 0 Å². The summed E-state index contributed by atoms with van der Waals surface area (Å²) in [6, 6.07) is 15.3. The average molecular weight is 422 g/mol. The molecule has 1 aliphatic heterocycles. The summed E-state index contributed by atoms with van der Waals surface area (Å²) in [7, 11) is 0. The first kappa shape index (κ1) is 20.1. The lowest BCUT2D eigenvalue weighted by Gasteiger charge is -2.27. The van der Waals surface area contributed by atoms with Crippen LogP contribution in [0.15, 0.2) is 54.6 Å². The van der Waals surface area contributed by atoms with E-state index in [1.165, 1.54) is 4.90 Å². The summed E-state index contributed by atoms with van der Waals surface area (Å²) in [6.45, 7) is 5.51. The van der Waals surface area contributed by atoms with Gasteiger partial charge in [-0.2, -0.15) is 0 Å². The van der Waals surface area contributed by atoms with Gasteiger partial charge in [-0.05, 0) is 56.7 Å². The Kier molecular flexibility index (Phi) is 4.86. The van der Waals surface area contributed by atoms with Crippen LogP contribution in [0.3, 0.4) is 0 Å². The van der Waals surface area contributed by atoms with Gasteiger partial charge in [0.2, 0.25) is 0 Å². The van der Waals surface area contributed by atoms with Crippen LogP contribution in [0.5, 0.6) is 0 Å². The maximum atomic E-state index is 13.0. The second kappa shape index (κ2) is 7.26. The van der Waals surface area contributed by atoms with E-state index in [1.54, 1.807) is 75.4 Å². The van der Waals surface area contributed by atoms with Gasteiger partial charge < -0.3 is 4.74 Å². The fourth-order valence-corrected chi connectivity index (χ4v) is 3.74. The number of benzene rings is 3. The third kappa shape index (κ3) is 3.57. The molecule has 3 aromatic carbocycles. The lowest BCUT2D eigenvalue weighted by molar-refractivity contribution is 0.00690. The SMILES string of the molecule is CC(C)(C)OC(=O)c1ccc(CN2C(=O)c3cccc4c(Cl)ccc(c34)C2=O)cc1. The zero-order chi connectivity index (χ0) is 21.6. The third-order valence-electron chi connectivity index (χ3n) is 4.87. The second-order valence-corrected chi connectivity index (χ2v) is 8.63. The molecule has 3 aromatic rings. The molecule has 1 aliphatic rings. The molecule has 30 heavy (non-hydrogen) atoms. The van der Waals surface area contributed by atoms with Crippen LogP contribution in [0.2, 0.25) is 5.02 Å². The fraction of sp³-hybridized carbons (Fsp3) is 0.208. The van der Waals surface area contributed by atoms with Crippen LogP contribution in [0.4, 0.5) is 0 Å². The molecule has 0 spiro atoms. The van der Waals surface area contributed by atoms with Crippen LogP contribution in [0, 0.1) is 0 Å². The summed E-state index contributed by atoms with van der Waals surface area (Å²) in [5.41, 5.74) is 1.47. The Morgan fingerprint density at radius 2 is 1.57 bits per heavy atom. The number of halogens is 1. The Balaban J connectivity index is 1.62. The van der Waals surface area contributed by atoms with E-state index in [-0.39, 0.29) is 18.4 Å². The number of esters is 1. The second-order valence-electron chi connectivity index (χ2n) is 8.22. The number of imide groups is 1. The van der Waals surface area contributed by atoms with E-state index in [2.05, 4.69) is 0 Å². The van der Waals surface area contributed by atoms with Crippen molar-refractivity contribution in [3.05, 3.63) is 81.9 Å². The van der Waals surface area contributed by atoms with Gasteiger partial charge in [0.15, 0.2) is 0 Å². The molecule has 0 aliphatic carbocycles. The highest BCUT2D eigenvalue weighted by Gasteiger charge is 2.33. The van der Waals surface area contributed by atoms with Gasteiger partial charge in [0.25, 0.3) is 11.8 Å². The molecule has 0 bridgehead atoms. The van der Waals surface area contributed by atoms with Gasteiger partial charge in [-0.1, -0.05) is 35.9 Å². The van der Waals surface area contributed by atoms with E-state index in [0.29, 0.717) is 32.5 Å². The summed E-state index contributed by atoms with van der Waals surface area (Å²) in [5.74, 6) is -1.15. The predicted octanol–water partition coefficient (Wildman–Crippen LogP) is 5.24. The van der Waals surface area contributed by atoms with Crippen molar-refractivity contribution in [3.63, 3.8) is 0 Å². The van der Waals surface area contributed by atoms with E-state index in [0.717, 1.165) is 5.56 Å². The number of nitrogens with zero attached hydrogens (tertiary/aromatic N) is 1. The highest BCUT2D eigenvalue weighted by atomic mass is 35.5. The first-order valence-corrected chi connectivity index (χ1v) is 9.93. The number of hydrogen-bond donors (Lipinski definition) is 0. The Hall–Kier alpha value is -3.18. The molecule has 4 rings (SSSR count). The van der Waals surface area contributed by atoms with Crippen molar-refractivity contribution in [2.45, 2.75) is 32.9 Å². The van der Waals surface area contributed by atoms with E-state index < -0.39 is 11.6 Å². The number of hydrogen-bond acceptors (Lipinski definition) is 4. The molecule has 0 fully saturated rings. The minimum atomic E-state index is -0.584. The summed E-state index contributed by atoms with van der Waals surface area (Å²) in [5, 5.41) is 1.79. The van der Waals surface area contributed by atoms with Gasteiger partial charge in [-0.3, -0.25) is 14.5 Å². The van der Waals surface area contributed by atoms with Gasteiger partial charge in [0.05, 0.1) is 12.1 Å². The molecule has 2 amide bonds. The molecule has 0 saturated carbocycles. The van der Waals surface area contributed by atoms with E-state index in [9.17, 15) is 14.4 Å². The van der Waals surface area contributed by atoms with Crippen LogP contribution in [0.1, 0.15) is 57.4 Å². The minimum absolute atomic E-state index is 0.102. The quantitative estimate of drug-likeness (QED) is 0.428. The first-order valence-electron chi connectivity index (χ1n) is 9.55. The van der Waals surface area contributed by atoms with Gasteiger partial charge in [0, 0.05) is 26.9 Å². The van der Waals surface area contributed by atoms with Crippen LogP contribution >= 0.6 is 11.6 Å². The number of rotatable bonds is 3. The molecule has 0 unspecified atom stereocenters. The van der Waals surface area contributed by atoms with Crippen LogP contribution in [-0.2, 0) is 11.3 Å². The zero-order valence-electron chi connectivity index (χ0n) is 16.9. The fourth-order valence-electron chi connectivity index (χ4n) is 3.52. The van der Waals surface area contributed by atoms with Crippen molar-refractivity contribution in [3.8, 4) is 0 Å². The highest BCUT2D eigenvalue weighted by molar-refractivity contribution is 6.38. The Morgan fingerprint density at radius 3 is 2.20 bits per heavy atom. The maximum Gasteiger partial charge on any atom is 0.338 e. The van der Waals surface area contributed by atoms with Gasteiger partial charge >= 0.3 is 5.97 Å². The molecule has 0 radical (unpaired) electrons. The number of ether oxygens (including phenoxy) is 1. The smallest absolute Gasteiger partial charge is 0.338 e. The number of amides is 2. The number of carbonyl (C=O) groups is 3. The normalized spacial score (nSPS) is 13.7.